The maximum absolute atomic E-state index is 13.7. The Morgan fingerprint density at radius 1 is 1.25 bits per heavy atom. The van der Waals surface area contributed by atoms with Crippen molar-refractivity contribution in [2.24, 2.45) is 0 Å². The third-order valence-corrected chi connectivity index (χ3v) is 4.41. The Hall–Kier alpha value is -3.03. The number of aromatic nitrogens is 1. The molecule has 1 unspecified atom stereocenters. The SMILES string of the molecule is CC1=C(C(=O)O)C(c2ccccc2C(F)(F)F)c2c(ccnc2OC(C)C)N1. The molecular formula is C20H19F3N2O3. The molecule has 0 radical (unpaired) electrons. The second-order valence-electron chi connectivity index (χ2n) is 6.73. The lowest BCUT2D eigenvalue weighted by Crippen LogP contribution is -2.26. The zero-order chi connectivity index (χ0) is 20.6. The van der Waals surface area contributed by atoms with Gasteiger partial charge in [0.05, 0.1) is 23.2 Å². The minimum absolute atomic E-state index is 0.105. The number of carboxylic acids is 1. The standard InChI is InChI=1S/C20H19F3N2O3/c1-10(2)28-18-17-14(8-9-24-18)25-11(3)15(19(26)27)16(17)12-6-4-5-7-13(12)20(21,22)23/h4-10,16,25H,1-3H3,(H,26,27). The van der Waals surface area contributed by atoms with E-state index in [9.17, 15) is 23.1 Å². The van der Waals surface area contributed by atoms with Crippen molar-refractivity contribution in [1.82, 2.24) is 4.98 Å². The van der Waals surface area contributed by atoms with Crippen molar-refractivity contribution in [1.29, 1.82) is 0 Å². The molecule has 5 nitrogen and oxygen atoms in total. The maximum atomic E-state index is 13.7. The molecule has 0 aliphatic carbocycles. The maximum Gasteiger partial charge on any atom is 0.416 e. The van der Waals surface area contributed by atoms with Crippen LogP contribution in [0.4, 0.5) is 18.9 Å². The summed E-state index contributed by atoms with van der Waals surface area (Å²) in [6, 6.07) is 6.57. The fourth-order valence-corrected chi connectivity index (χ4v) is 3.39. The van der Waals surface area contributed by atoms with E-state index in [1.807, 2.05) is 0 Å². The number of nitrogens with zero attached hydrogens (tertiary/aromatic N) is 1. The average molecular weight is 392 g/mol. The molecule has 1 aliphatic rings. The molecule has 1 aromatic heterocycles. The van der Waals surface area contributed by atoms with Crippen LogP contribution in [0, 0.1) is 0 Å². The number of carbonyl (C=O) groups is 1. The van der Waals surface area contributed by atoms with Gasteiger partial charge >= 0.3 is 12.1 Å². The molecule has 0 amide bonds. The van der Waals surface area contributed by atoms with Gasteiger partial charge in [0.2, 0.25) is 5.88 Å². The van der Waals surface area contributed by atoms with Gasteiger partial charge in [0.15, 0.2) is 0 Å². The second kappa shape index (κ2) is 7.18. The summed E-state index contributed by atoms with van der Waals surface area (Å²) in [4.78, 5) is 16.2. The van der Waals surface area contributed by atoms with Gasteiger partial charge in [-0.1, -0.05) is 18.2 Å². The molecule has 0 bridgehead atoms. The monoisotopic (exact) mass is 392 g/mol. The molecule has 1 aliphatic heterocycles. The highest BCUT2D eigenvalue weighted by molar-refractivity contribution is 5.93. The van der Waals surface area contributed by atoms with Crippen LogP contribution in [0.15, 0.2) is 47.8 Å². The van der Waals surface area contributed by atoms with Crippen LogP contribution < -0.4 is 10.1 Å². The molecule has 8 heteroatoms. The number of fused-ring (bicyclic) bond motifs is 1. The quantitative estimate of drug-likeness (QED) is 0.782. The lowest BCUT2D eigenvalue weighted by molar-refractivity contribution is -0.139. The first-order valence-electron chi connectivity index (χ1n) is 8.64. The number of rotatable bonds is 4. The van der Waals surface area contributed by atoms with Gasteiger partial charge in [0, 0.05) is 23.1 Å². The van der Waals surface area contributed by atoms with Crippen molar-refractivity contribution in [3.05, 3.63) is 64.5 Å². The number of halogens is 3. The molecule has 1 aromatic carbocycles. The summed E-state index contributed by atoms with van der Waals surface area (Å²) in [5.41, 5.74) is -0.213. The summed E-state index contributed by atoms with van der Waals surface area (Å²) >= 11 is 0. The molecule has 0 saturated carbocycles. The van der Waals surface area contributed by atoms with Crippen LogP contribution in [0.2, 0.25) is 0 Å². The number of hydrogen-bond donors (Lipinski definition) is 2. The third-order valence-electron chi connectivity index (χ3n) is 4.41. The number of allylic oxidation sites excluding steroid dienone is 1. The Morgan fingerprint density at radius 2 is 1.93 bits per heavy atom. The summed E-state index contributed by atoms with van der Waals surface area (Å²) in [6.45, 7) is 5.05. The lowest BCUT2D eigenvalue weighted by atomic mass is 9.79. The number of alkyl halides is 3. The number of benzene rings is 1. The third kappa shape index (κ3) is 3.54. The van der Waals surface area contributed by atoms with Crippen LogP contribution >= 0.6 is 0 Å². The predicted octanol–water partition coefficient (Wildman–Crippen LogP) is 4.80. The molecule has 148 valence electrons. The number of aliphatic carboxylic acids is 1. The number of pyridine rings is 1. The van der Waals surface area contributed by atoms with Gasteiger partial charge in [-0.25, -0.2) is 9.78 Å². The van der Waals surface area contributed by atoms with Crippen molar-refractivity contribution in [3.63, 3.8) is 0 Å². The average Bonchev–Trinajstić information content (AvgIpc) is 2.59. The highest BCUT2D eigenvalue weighted by Gasteiger charge is 2.41. The van der Waals surface area contributed by atoms with E-state index >= 15 is 0 Å². The van der Waals surface area contributed by atoms with Crippen molar-refractivity contribution in [2.45, 2.75) is 39.0 Å². The van der Waals surface area contributed by atoms with Gasteiger partial charge in [-0.2, -0.15) is 13.2 Å². The molecule has 0 spiro atoms. The van der Waals surface area contributed by atoms with E-state index in [0.717, 1.165) is 6.07 Å². The van der Waals surface area contributed by atoms with Crippen LogP contribution in [0.25, 0.3) is 0 Å². The topological polar surface area (TPSA) is 71.5 Å². The summed E-state index contributed by atoms with van der Waals surface area (Å²) in [5, 5.41) is 12.8. The van der Waals surface area contributed by atoms with Crippen molar-refractivity contribution in [2.75, 3.05) is 5.32 Å². The van der Waals surface area contributed by atoms with Crippen molar-refractivity contribution < 1.29 is 27.8 Å². The number of hydrogen-bond acceptors (Lipinski definition) is 4. The van der Waals surface area contributed by atoms with Gasteiger partial charge in [-0.05, 0) is 38.5 Å². The Morgan fingerprint density at radius 3 is 2.54 bits per heavy atom. The molecule has 2 heterocycles. The van der Waals surface area contributed by atoms with Gasteiger partial charge in [0.25, 0.3) is 0 Å². The van der Waals surface area contributed by atoms with Gasteiger partial charge in [0.1, 0.15) is 0 Å². The second-order valence-corrected chi connectivity index (χ2v) is 6.73. The number of nitrogens with one attached hydrogen (secondary N) is 1. The Balaban J connectivity index is 2.35. The van der Waals surface area contributed by atoms with E-state index in [1.54, 1.807) is 19.9 Å². The summed E-state index contributed by atoms with van der Waals surface area (Å²) in [7, 11) is 0. The van der Waals surface area contributed by atoms with Crippen LogP contribution in [0.1, 0.15) is 43.4 Å². The van der Waals surface area contributed by atoms with Crippen LogP contribution in [-0.2, 0) is 11.0 Å². The van der Waals surface area contributed by atoms with E-state index in [0.29, 0.717) is 5.69 Å². The lowest BCUT2D eigenvalue weighted by Gasteiger charge is -2.32. The molecule has 0 fully saturated rings. The van der Waals surface area contributed by atoms with Crippen molar-refractivity contribution in [3.8, 4) is 5.88 Å². The van der Waals surface area contributed by atoms with Gasteiger partial charge in [-0.3, -0.25) is 0 Å². The first-order valence-corrected chi connectivity index (χ1v) is 8.64. The number of ether oxygens (including phenoxy) is 1. The summed E-state index contributed by atoms with van der Waals surface area (Å²) in [6.07, 6.45) is -3.46. The number of anilines is 1. The molecule has 3 rings (SSSR count). The summed E-state index contributed by atoms with van der Waals surface area (Å²) in [5.74, 6) is -2.39. The zero-order valence-corrected chi connectivity index (χ0v) is 15.5. The molecule has 1 atom stereocenters. The van der Waals surface area contributed by atoms with E-state index in [-0.39, 0.29) is 34.4 Å². The Bertz CT molecular complexity index is 952. The molecular weight excluding hydrogens is 373 g/mol. The number of carboxylic acid groups (broad SMARTS) is 1. The molecule has 2 aromatic rings. The van der Waals surface area contributed by atoms with Crippen LogP contribution in [0.3, 0.4) is 0 Å². The van der Waals surface area contributed by atoms with Crippen LogP contribution in [-0.4, -0.2) is 22.2 Å². The van der Waals surface area contributed by atoms with Gasteiger partial charge < -0.3 is 15.2 Å². The molecule has 28 heavy (non-hydrogen) atoms. The first kappa shape index (κ1) is 19.7. The van der Waals surface area contributed by atoms with E-state index in [4.69, 9.17) is 4.74 Å². The normalized spacial score (nSPS) is 16.6. The molecule has 0 saturated heterocycles. The van der Waals surface area contributed by atoms with Gasteiger partial charge in [-0.15, -0.1) is 0 Å². The smallest absolute Gasteiger partial charge is 0.416 e. The Labute approximate surface area is 159 Å². The predicted molar refractivity (Wildman–Crippen MR) is 97.2 cm³/mol. The van der Waals surface area contributed by atoms with Crippen LogP contribution in [0.5, 0.6) is 5.88 Å². The zero-order valence-electron chi connectivity index (χ0n) is 15.5. The highest BCUT2D eigenvalue weighted by Crippen LogP contribution is 2.48. The minimum atomic E-state index is -4.64. The Kier molecular flexibility index (Phi) is 5.06. The van der Waals surface area contributed by atoms with E-state index in [2.05, 4.69) is 10.3 Å². The molecule has 2 N–H and O–H groups in total. The first-order chi connectivity index (χ1) is 13.1. The van der Waals surface area contributed by atoms with E-state index in [1.165, 1.54) is 31.3 Å². The fraction of sp³-hybridized carbons (Fsp3) is 0.300. The minimum Gasteiger partial charge on any atom is -0.478 e. The highest BCUT2D eigenvalue weighted by atomic mass is 19.4. The van der Waals surface area contributed by atoms with Crippen molar-refractivity contribution >= 4 is 11.7 Å². The summed E-state index contributed by atoms with van der Waals surface area (Å²) < 4.78 is 46.8. The largest absolute Gasteiger partial charge is 0.478 e. The fourth-order valence-electron chi connectivity index (χ4n) is 3.39. The van der Waals surface area contributed by atoms with E-state index < -0.39 is 23.6 Å².